The highest BCUT2D eigenvalue weighted by atomic mass is 19.3. The van der Waals surface area contributed by atoms with E-state index in [1.807, 2.05) is 35.1 Å². The van der Waals surface area contributed by atoms with Crippen LogP contribution in [0.1, 0.15) is 25.7 Å². The molecule has 0 spiro atoms. The predicted molar refractivity (Wildman–Crippen MR) is 111 cm³/mol. The Morgan fingerprint density at radius 1 is 1.19 bits per heavy atom. The molecule has 0 unspecified atom stereocenters. The first kappa shape index (κ1) is 19.7. The van der Waals surface area contributed by atoms with Crippen LogP contribution in [0.25, 0.3) is 27.8 Å². The molecule has 5 rings (SSSR count). The fourth-order valence-corrected chi connectivity index (χ4v) is 4.19. The number of anilines is 1. The molecule has 10 heteroatoms. The molecule has 0 bridgehead atoms. The zero-order valence-electron chi connectivity index (χ0n) is 16.9. The van der Waals surface area contributed by atoms with Crippen molar-refractivity contribution in [1.29, 1.82) is 0 Å². The van der Waals surface area contributed by atoms with E-state index in [9.17, 15) is 8.78 Å². The first-order valence-corrected chi connectivity index (χ1v) is 10.2. The van der Waals surface area contributed by atoms with Crippen molar-refractivity contribution in [1.82, 2.24) is 24.3 Å². The number of halogens is 2. The van der Waals surface area contributed by atoms with Gasteiger partial charge in [0.05, 0.1) is 18.6 Å². The van der Waals surface area contributed by atoms with Gasteiger partial charge in [0.25, 0.3) is 0 Å². The standard InChI is InChI=1S/C21H22F2N6O2/c1-30-19-17-15(12-2-7-16-24-8-9-29(16)11-12)10-25-18(17)27-21(28-19)26-13-3-5-14(6-4-13)31-20(22)23/h2,7-11,13-14,20H,3-6H2,1H3,(H2,25,26,27,28)/t13-,14-. The number of nitrogens with one attached hydrogen (secondary N) is 2. The topological polar surface area (TPSA) is 89.4 Å². The second kappa shape index (κ2) is 8.10. The highest BCUT2D eigenvalue weighted by molar-refractivity contribution is 5.97. The van der Waals surface area contributed by atoms with Crippen LogP contribution in [0, 0.1) is 0 Å². The minimum absolute atomic E-state index is 0.0951. The predicted octanol–water partition coefficient (Wildman–Crippen LogP) is 4.24. The van der Waals surface area contributed by atoms with Gasteiger partial charge in [-0.2, -0.15) is 18.7 Å². The van der Waals surface area contributed by atoms with Crippen molar-refractivity contribution in [2.75, 3.05) is 12.4 Å². The quantitative estimate of drug-likeness (QED) is 0.477. The molecule has 1 aliphatic rings. The molecule has 0 atom stereocenters. The summed E-state index contributed by atoms with van der Waals surface area (Å²) in [5.41, 5.74) is 3.44. The van der Waals surface area contributed by atoms with Crippen molar-refractivity contribution in [3.05, 3.63) is 36.9 Å². The number of aromatic amines is 1. The third kappa shape index (κ3) is 3.90. The number of hydrogen-bond donors (Lipinski definition) is 2. The summed E-state index contributed by atoms with van der Waals surface area (Å²) in [5.74, 6) is 0.908. The fourth-order valence-electron chi connectivity index (χ4n) is 4.19. The molecule has 4 aromatic heterocycles. The van der Waals surface area contributed by atoms with Crippen LogP contribution in [0.4, 0.5) is 14.7 Å². The van der Waals surface area contributed by atoms with Gasteiger partial charge in [0, 0.05) is 42.0 Å². The number of methoxy groups -OCH3 is 1. The number of fused-ring (bicyclic) bond motifs is 2. The van der Waals surface area contributed by atoms with Crippen LogP contribution in [0.2, 0.25) is 0 Å². The first-order valence-electron chi connectivity index (χ1n) is 10.2. The number of ether oxygens (including phenoxy) is 2. The minimum Gasteiger partial charge on any atom is -0.480 e. The molecule has 1 aliphatic carbocycles. The number of aromatic nitrogens is 5. The van der Waals surface area contributed by atoms with Crippen LogP contribution in [0.5, 0.6) is 5.88 Å². The van der Waals surface area contributed by atoms with Gasteiger partial charge >= 0.3 is 6.61 Å². The summed E-state index contributed by atoms with van der Waals surface area (Å²) in [7, 11) is 1.58. The van der Waals surface area contributed by atoms with E-state index in [1.54, 1.807) is 13.3 Å². The number of H-pyrrole nitrogens is 1. The van der Waals surface area contributed by atoms with E-state index in [-0.39, 0.29) is 6.04 Å². The van der Waals surface area contributed by atoms with Crippen molar-refractivity contribution in [2.45, 2.75) is 44.4 Å². The molecule has 0 saturated heterocycles. The molecule has 0 amide bonds. The number of pyridine rings is 1. The van der Waals surface area contributed by atoms with Gasteiger partial charge in [0.2, 0.25) is 11.8 Å². The van der Waals surface area contributed by atoms with Crippen molar-refractivity contribution < 1.29 is 18.3 Å². The molecule has 4 aromatic rings. The summed E-state index contributed by atoms with van der Waals surface area (Å²) >= 11 is 0. The number of hydrogen-bond acceptors (Lipinski definition) is 6. The van der Waals surface area contributed by atoms with Crippen LogP contribution >= 0.6 is 0 Å². The lowest BCUT2D eigenvalue weighted by Crippen LogP contribution is -2.31. The average molecular weight is 428 g/mol. The van der Waals surface area contributed by atoms with Crippen molar-refractivity contribution in [3.8, 4) is 17.0 Å². The highest BCUT2D eigenvalue weighted by Gasteiger charge is 2.25. The van der Waals surface area contributed by atoms with Crippen LogP contribution in [-0.4, -0.2) is 50.2 Å². The SMILES string of the molecule is COc1nc(N[C@H]2CC[C@H](OC(F)F)CC2)nc2[nH]cc(-c3ccc4nccn4c3)c12. The maximum absolute atomic E-state index is 12.4. The highest BCUT2D eigenvalue weighted by Crippen LogP contribution is 2.35. The molecule has 162 valence electrons. The average Bonchev–Trinajstić information content (AvgIpc) is 3.40. The van der Waals surface area contributed by atoms with Crippen molar-refractivity contribution >= 4 is 22.6 Å². The van der Waals surface area contributed by atoms with Gasteiger partial charge in [0.15, 0.2) is 0 Å². The molecular formula is C21H22F2N6O2. The molecule has 31 heavy (non-hydrogen) atoms. The third-order valence-electron chi connectivity index (χ3n) is 5.69. The molecule has 1 fully saturated rings. The lowest BCUT2D eigenvalue weighted by molar-refractivity contribution is -0.169. The van der Waals surface area contributed by atoms with E-state index < -0.39 is 12.7 Å². The van der Waals surface area contributed by atoms with E-state index in [4.69, 9.17) is 4.74 Å². The zero-order valence-corrected chi connectivity index (χ0v) is 16.9. The van der Waals surface area contributed by atoms with Gasteiger partial charge in [-0.3, -0.25) is 0 Å². The second-order valence-electron chi connectivity index (χ2n) is 7.61. The second-order valence-corrected chi connectivity index (χ2v) is 7.61. The zero-order chi connectivity index (χ0) is 21.4. The number of nitrogens with zero attached hydrogens (tertiary/aromatic N) is 4. The van der Waals surface area contributed by atoms with E-state index in [0.717, 1.165) is 22.2 Å². The Morgan fingerprint density at radius 3 is 2.81 bits per heavy atom. The van der Waals surface area contributed by atoms with Crippen molar-refractivity contribution in [3.63, 3.8) is 0 Å². The lowest BCUT2D eigenvalue weighted by atomic mass is 9.93. The number of imidazole rings is 1. The summed E-state index contributed by atoms with van der Waals surface area (Å²) in [6, 6.07) is 4.04. The molecule has 2 N–H and O–H groups in total. The monoisotopic (exact) mass is 428 g/mol. The Hall–Kier alpha value is -3.27. The van der Waals surface area contributed by atoms with E-state index >= 15 is 0 Å². The summed E-state index contributed by atoms with van der Waals surface area (Å²) < 4.78 is 37.0. The fraction of sp³-hybridized carbons (Fsp3) is 0.381. The molecule has 8 nitrogen and oxygen atoms in total. The van der Waals surface area contributed by atoms with Crippen molar-refractivity contribution in [2.24, 2.45) is 0 Å². The maximum atomic E-state index is 12.4. The van der Waals surface area contributed by atoms with Gasteiger partial charge < -0.3 is 24.2 Å². The minimum atomic E-state index is -2.72. The Balaban J connectivity index is 1.39. The van der Waals surface area contributed by atoms with Gasteiger partial charge in [-0.15, -0.1) is 0 Å². The summed E-state index contributed by atoms with van der Waals surface area (Å²) in [6.45, 7) is -2.72. The van der Waals surface area contributed by atoms with Gasteiger partial charge in [0.1, 0.15) is 11.3 Å². The Kier molecular flexibility index (Phi) is 5.14. The Labute approximate surface area is 176 Å². The third-order valence-corrected chi connectivity index (χ3v) is 5.69. The molecule has 0 aromatic carbocycles. The normalized spacial score (nSPS) is 19.4. The number of alkyl halides is 2. The molecular weight excluding hydrogens is 406 g/mol. The van der Waals surface area contributed by atoms with Gasteiger partial charge in [-0.1, -0.05) is 0 Å². The maximum Gasteiger partial charge on any atom is 0.345 e. The summed E-state index contributed by atoms with van der Waals surface area (Å²) in [4.78, 5) is 16.7. The van der Waals surface area contributed by atoms with E-state index in [1.165, 1.54) is 0 Å². The van der Waals surface area contributed by atoms with Crippen LogP contribution in [0.15, 0.2) is 36.9 Å². The molecule has 0 aliphatic heterocycles. The van der Waals surface area contributed by atoms with Crippen LogP contribution in [0.3, 0.4) is 0 Å². The Bertz CT molecular complexity index is 1200. The lowest BCUT2D eigenvalue weighted by Gasteiger charge is -2.28. The van der Waals surface area contributed by atoms with Gasteiger partial charge in [-0.05, 0) is 37.8 Å². The molecule has 0 radical (unpaired) electrons. The molecule has 1 saturated carbocycles. The smallest absolute Gasteiger partial charge is 0.345 e. The van der Waals surface area contributed by atoms with E-state index in [0.29, 0.717) is 43.2 Å². The van der Waals surface area contributed by atoms with Crippen LogP contribution in [-0.2, 0) is 4.74 Å². The number of rotatable bonds is 6. The molecule has 4 heterocycles. The first-order chi connectivity index (χ1) is 15.1. The summed E-state index contributed by atoms with van der Waals surface area (Å²) in [5, 5.41) is 4.11. The van der Waals surface area contributed by atoms with Crippen LogP contribution < -0.4 is 10.1 Å². The largest absolute Gasteiger partial charge is 0.480 e. The summed E-state index contributed by atoms with van der Waals surface area (Å²) in [6.07, 6.45) is 9.70. The van der Waals surface area contributed by atoms with Gasteiger partial charge in [-0.25, -0.2) is 4.98 Å². The van der Waals surface area contributed by atoms with E-state index in [2.05, 4.69) is 30.0 Å². The Morgan fingerprint density at radius 2 is 2.03 bits per heavy atom.